The Morgan fingerprint density at radius 1 is 1.33 bits per heavy atom. The maximum absolute atomic E-state index is 12.6. The Labute approximate surface area is 127 Å². The van der Waals surface area contributed by atoms with E-state index in [9.17, 15) is 8.42 Å². The highest BCUT2D eigenvalue weighted by Gasteiger charge is 2.27. The molecule has 21 heavy (non-hydrogen) atoms. The summed E-state index contributed by atoms with van der Waals surface area (Å²) in [4.78, 5) is 6.48. The van der Waals surface area contributed by atoms with Crippen LogP contribution in [0.2, 0.25) is 0 Å². The Bertz CT molecular complexity index is 535. The van der Waals surface area contributed by atoms with Crippen LogP contribution < -0.4 is 5.73 Å². The van der Waals surface area contributed by atoms with E-state index in [0.29, 0.717) is 25.6 Å². The van der Waals surface area contributed by atoms with Crippen molar-refractivity contribution in [3.63, 3.8) is 0 Å². The van der Waals surface area contributed by atoms with E-state index in [-0.39, 0.29) is 4.90 Å². The van der Waals surface area contributed by atoms with Crippen molar-refractivity contribution < 1.29 is 8.42 Å². The maximum Gasteiger partial charge on any atom is 0.244 e. The van der Waals surface area contributed by atoms with Gasteiger partial charge in [0.05, 0.1) is 0 Å². The highest BCUT2D eigenvalue weighted by atomic mass is 32.2. The Hall–Kier alpha value is -1.02. The smallest absolute Gasteiger partial charge is 0.244 e. The molecule has 2 heterocycles. The first-order chi connectivity index (χ1) is 10.0. The summed E-state index contributed by atoms with van der Waals surface area (Å²) < 4.78 is 26.7. The molecule has 0 aromatic carbocycles. The van der Waals surface area contributed by atoms with Crippen LogP contribution in [0.15, 0.2) is 29.4 Å². The SMILES string of the molecule is CC(CN)CN1CCCN(S(=O)(=O)c2cccnc2)CC1. The van der Waals surface area contributed by atoms with E-state index in [2.05, 4.69) is 16.8 Å². The molecule has 1 atom stereocenters. The number of pyridine rings is 1. The molecule has 0 bridgehead atoms. The molecule has 1 aromatic heterocycles. The van der Waals surface area contributed by atoms with E-state index in [1.54, 1.807) is 22.6 Å². The van der Waals surface area contributed by atoms with Gasteiger partial charge in [-0.15, -0.1) is 0 Å². The molecule has 1 aromatic rings. The second-order valence-corrected chi connectivity index (χ2v) is 7.53. The fourth-order valence-electron chi connectivity index (χ4n) is 2.53. The molecule has 0 amide bonds. The van der Waals surface area contributed by atoms with Crippen LogP contribution in [-0.2, 0) is 10.0 Å². The van der Waals surface area contributed by atoms with Crippen molar-refractivity contribution in [1.82, 2.24) is 14.2 Å². The number of nitrogens with zero attached hydrogens (tertiary/aromatic N) is 3. The minimum Gasteiger partial charge on any atom is -0.330 e. The van der Waals surface area contributed by atoms with Gasteiger partial charge in [0.1, 0.15) is 4.90 Å². The first-order valence-electron chi connectivity index (χ1n) is 7.36. The average Bonchev–Trinajstić information content (AvgIpc) is 2.74. The molecule has 0 spiro atoms. The Morgan fingerprint density at radius 2 is 2.14 bits per heavy atom. The number of hydrogen-bond acceptors (Lipinski definition) is 5. The summed E-state index contributed by atoms with van der Waals surface area (Å²) in [6, 6.07) is 3.25. The minimum atomic E-state index is -3.42. The summed E-state index contributed by atoms with van der Waals surface area (Å²) in [6.07, 6.45) is 3.84. The van der Waals surface area contributed by atoms with E-state index in [1.165, 1.54) is 6.20 Å². The highest BCUT2D eigenvalue weighted by molar-refractivity contribution is 7.89. The Balaban J connectivity index is 2.03. The molecular formula is C14H24N4O2S. The summed E-state index contributed by atoms with van der Waals surface area (Å²) in [5, 5.41) is 0. The van der Waals surface area contributed by atoms with Crippen molar-refractivity contribution in [3.05, 3.63) is 24.5 Å². The van der Waals surface area contributed by atoms with Crippen molar-refractivity contribution in [3.8, 4) is 0 Å². The van der Waals surface area contributed by atoms with Gasteiger partial charge in [0, 0.05) is 38.6 Å². The summed E-state index contributed by atoms with van der Waals surface area (Å²) in [6.45, 7) is 6.47. The van der Waals surface area contributed by atoms with Crippen LogP contribution >= 0.6 is 0 Å². The van der Waals surface area contributed by atoms with Gasteiger partial charge in [-0.2, -0.15) is 4.31 Å². The van der Waals surface area contributed by atoms with Gasteiger partial charge in [-0.1, -0.05) is 6.92 Å². The lowest BCUT2D eigenvalue weighted by molar-refractivity contribution is 0.250. The summed E-state index contributed by atoms with van der Waals surface area (Å²) in [5.41, 5.74) is 5.66. The molecule has 1 fully saturated rings. The average molecular weight is 312 g/mol. The lowest BCUT2D eigenvalue weighted by atomic mass is 10.1. The second kappa shape index (κ2) is 7.31. The number of aromatic nitrogens is 1. The number of rotatable bonds is 5. The lowest BCUT2D eigenvalue weighted by Crippen LogP contribution is -2.37. The fourth-order valence-corrected chi connectivity index (χ4v) is 3.97. The first kappa shape index (κ1) is 16.4. The third kappa shape index (κ3) is 4.23. The molecule has 118 valence electrons. The van der Waals surface area contributed by atoms with E-state index >= 15 is 0 Å². The van der Waals surface area contributed by atoms with Crippen LogP contribution in [0.5, 0.6) is 0 Å². The van der Waals surface area contributed by atoms with Crippen LogP contribution in [0.4, 0.5) is 0 Å². The molecule has 1 aliphatic heterocycles. The first-order valence-corrected chi connectivity index (χ1v) is 8.80. The fraction of sp³-hybridized carbons (Fsp3) is 0.643. The predicted octanol–water partition coefficient (Wildman–Crippen LogP) is 0.373. The van der Waals surface area contributed by atoms with Crippen molar-refractivity contribution in [1.29, 1.82) is 0 Å². The van der Waals surface area contributed by atoms with Crippen molar-refractivity contribution in [2.45, 2.75) is 18.2 Å². The third-order valence-electron chi connectivity index (χ3n) is 3.79. The highest BCUT2D eigenvalue weighted by Crippen LogP contribution is 2.16. The van der Waals surface area contributed by atoms with Crippen LogP contribution in [-0.4, -0.2) is 61.9 Å². The maximum atomic E-state index is 12.6. The molecule has 0 radical (unpaired) electrons. The Kier molecular flexibility index (Phi) is 5.69. The van der Waals surface area contributed by atoms with Gasteiger partial charge in [0.15, 0.2) is 0 Å². The Morgan fingerprint density at radius 3 is 2.81 bits per heavy atom. The molecule has 2 rings (SSSR count). The van der Waals surface area contributed by atoms with Gasteiger partial charge >= 0.3 is 0 Å². The van der Waals surface area contributed by atoms with Gasteiger partial charge in [-0.25, -0.2) is 8.42 Å². The molecule has 0 aliphatic carbocycles. The van der Waals surface area contributed by atoms with Crippen LogP contribution in [0, 0.1) is 5.92 Å². The number of hydrogen-bond donors (Lipinski definition) is 1. The molecule has 1 saturated heterocycles. The molecule has 2 N–H and O–H groups in total. The summed E-state index contributed by atoms with van der Waals surface area (Å²) in [7, 11) is -3.42. The molecule has 6 nitrogen and oxygen atoms in total. The van der Waals surface area contributed by atoms with Crippen molar-refractivity contribution >= 4 is 10.0 Å². The predicted molar refractivity (Wildman–Crippen MR) is 82.3 cm³/mol. The second-order valence-electron chi connectivity index (χ2n) is 5.59. The van der Waals surface area contributed by atoms with Crippen LogP contribution in [0.3, 0.4) is 0 Å². The largest absolute Gasteiger partial charge is 0.330 e. The molecule has 7 heteroatoms. The summed E-state index contributed by atoms with van der Waals surface area (Å²) in [5.74, 6) is 0.437. The van der Waals surface area contributed by atoms with Gasteiger partial charge in [-0.3, -0.25) is 4.98 Å². The quantitative estimate of drug-likeness (QED) is 0.850. The topological polar surface area (TPSA) is 79.5 Å². The van der Waals surface area contributed by atoms with Gasteiger partial charge < -0.3 is 10.6 Å². The zero-order chi connectivity index (χ0) is 15.3. The third-order valence-corrected chi connectivity index (χ3v) is 5.67. The van der Waals surface area contributed by atoms with Crippen LogP contribution in [0.1, 0.15) is 13.3 Å². The van der Waals surface area contributed by atoms with Crippen molar-refractivity contribution in [2.24, 2.45) is 11.7 Å². The number of sulfonamides is 1. The van der Waals surface area contributed by atoms with Gasteiger partial charge in [0.2, 0.25) is 10.0 Å². The lowest BCUT2D eigenvalue weighted by Gasteiger charge is -2.23. The van der Waals surface area contributed by atoms with E-state index in [4.69, 9.17) is 5.73 Å². The number of nitrogens with two attached hydrogens (primary N) is 1. The zero-order valence-corrected chi connectivity index (χ0v) is 13.3. The monoisotopic (exact) mass is 312 g/mol. The van der Waals surface area contributed by atoms with Crippen molar-refractivity contribution in [2.75, 3.05) is 39.3 Å². The van der Waals surface area contributed by atoms with Crippen LogP contribution in [0.25, 0.3) is 0 Å². The van der Waals surface area contributed by atoms with Gasteiger partial charge in [-0.05, 0) is 37.6 Å². The summed E-state index contributed by atoms with van der Waals surface area (Å²) >= 11 is 0. The zero-order valence-electron chi connectivity index (χ0n) is 12.5. The van der Waals surface area contributed by atoms with E-state index in [0.717, 1.165) is 26.1 Å². The molecule has 1 unspecified atom stereocenters. The van der Waals surface area contributed by atoms with E-state index < -0.39 is 10.0 Å². The molecule has 1 aliphatic rings. The molecular weight excluding hydrogens is 288 g/mol. The van der Waals surface area contributed by atoms with E-state index in [1.807, 2.05) is 0 Å². The van der Waals surface area contributed by atoms with Gasteiger partial charge in [0.25, 0.3) is 0 Å². The normalized spacial score (nSPS) is 20.1. The standard InChI is InChI=1S/C14H24N4O2S/c1-13(10-15)12-17-6-3-7-18(9-8-17)21(19,20)14-4-2-5-16-11-14/h2,4-5,11,13H,3,6-10,12,15H2,1H3. The minimum absolute atomic E-state index is 0.272. The molecule has 0 saturated carbocycles.